The number of benzene rings is 1. The molecule has 0 aliphatic carbocycles. The Bertz CT molecular complexity index is 558. The summed E-state index contributed by atoms with van der Waals surface area (Å²) in [6, 6.07) is 5.80. The summed E-state index contributed by atoms with van der Waals surface area (Å²) in [6.45, 7) is 4.63. The van der Waals surface area contributed by atoms with E-state index in [1.807, 2.05) is 18.2 Å². The van der Waals surface area contributed by atoms with Crippen LogP contribution in [0.2, 0.25) is 10.0 Å². The van der Waals surface area contributed by atoms with Crippen LogP contribution < -0.4 is 0 Å². The van der Waals surface area contributed by atoms with E-state index < -0.39 is 0 Å². The average molecular weight is 355 g/mol. The van der Waals surface area contributed by atoms with Crippen LogP contribution in [0.1, 0.15) is 37.7 Å². The maximum Gasteiger partial charge on any atom is 0.226 e. The van der Waals surface area contributed by atoms with Gasteiger partial charge < -0.3 is 4.90 Å². The maximum atomic E-state index is 12.7. The third-order valence-electron chi connectivity index (χ3n) is 4.91. The van der Waals surface area contributed by atoms with Crippen molar-refractivity contribution in [2.24, 2.45) is 5.92 Å². The summed E-state index contributed by atoms with van der Waals surface area (Å²) in [5.41, 5.74) is 1.16. The summed E-state index contributed by atoms with van der Waals surface area (Å²) >= 11 is 12.1. The molecule has 2 aliphatic rings. The third-order valence-corrected chi connectivity index (χ3v) is 5.65. The second-order valence-corrected chi connectivity index (χ2v) is 7.52. The van der Waals surface area contributed by atoms with Crippen molar-refractivity contribution in [1.82, 2.24) is 9.80 Å². The highest BCUT2D eigenvalue weighted by molar-refractivity contribution is 6.42. The van der Waals surface area contributed by atoms with E-state index in [0.29, 0.717) is 16.0 Å². The number of amides is 1. The number of carbonyl (C=O) groups is 1. The summed E-state index contributed by atoms with van der Waals surface area (Å²) in [7, 11) is 0. The van der Waals surface area contributed by atoms with Gasteiger partial charge in [0.2, 0.25) is 5.91 Å². The predicted octanol–water partition coefficient (Wildman–Crippen LogP) is 4.22. The highest BCUT2D eigenvalue weighted by atomic mass is 35.5. The number of halogens is 2. The van der Waals surface area contributed by atoms with E-state index in [0.717, 1.165) is 64.0 Å². The molecule has 1 amide bonds. The summed E-state index contributed by atoms with van der Waals surface area (Å²) in [5, 5.41) is 1.19. The van der Waals surface area contributed by atoms with Gasteiger partial charge in [-0.3, -0.25) is 9.69 Å². The van der Waals surface area contributed by atoms with Crippen LogP contribution in [-0.2, 0) is 11.3 Å². The zero-order valence-electron chi connectivity index (χ0n) is 13.4. The molecular formula is C18H24Cl2N2O. The van der Waals surface area contributed by atoms with Gasteiger partial charge in [0.1, 0.15) is 0 Å². The van der Waals surface area contributed by atoms with Crippen LogP contribution in [-0.4, -0.2) is 41.9 Å². The standard InChI is InChI=1S/C18H24Cl2N2O/c19-16-7-6-14(11-17(16)20)12-21-8-4-5-15(13-21)18(23)22-9-2-1-3-10-22/h6-7,11,15H,1-5,8-10,12-13H2. The smallest absolute Gasteiger partial charge is 0.226 e. The number of piperidine rings is 2. The van der Waals surface area contributed by atoms with Gasteiger partial charge in [0.05, 0.1) is 16.0 Å². The Kier molecular flexibility index (Phi) is 5.84. The Morgan fingerprint density at radius 1 is 1.04 bits per heavy atom. The van der Waals surface area contributed by atoms with Crippen molar-refractivity contribution >= 4 is 29.1 Å². The highest BCUT2D eigenvalue weighted by Gasteiger charge is 2.29. The first-order valence-corrected chi connectivity index (χ1v) is 9.34. The lowest BCUT2D eigenvalue weighted by Gasteiger charge is -2.36. The van der Waals surface area contributed by atoms with E-state index in [9.17, 15) is 4.79 Å². The van der Waals surface area contributed by atoms with Gasteiger partial charge in [-0.15, -0.1) is 0 Å². The lowest BCUT2D eigenvalue weighted by molar-refractivity contribution is -0.138. The van der Waals surface area contributed by atoms with Gasteiger partial charge in [0, 0.05) is 26.2 Å². The highest BCUT2D eigenvalue weighted by Crippen LogP contribution is 2.26. The van der Waals surface area contributed by atoms with Crippen LogP contribution in [0.25, 0.3) is 0 Å². The SMILES string of the molecule is O=C(C1CCCN(Cc2ccc(Cl)c(Cl)c2)C1)N1CCCCC1. The number of hydrogen-bond donors (Lipinski definition) is 0. The fourth-order valence-electron chi connectivity index (χ4n) is 3.67. The zero-order chi connectivity index (χ0) is 16.2. The molecule has 0 saturated carbocycles. The molecule has 2 aliphatic heterocycles. The molecule has 1 aromatic rings. The van der Waals surface area contributed by atoms with Crippen molar-refractivity contribution in [3.8, 4) is 0 Å². The molecule has 3 nitrogen and oxygen atoms in total. The van der Waals surface area contributed by atoms with Gasteiger partial charge in [-0.25, -0.2) is 0 Å². The van der Waals surface area contributed by atoms with Crippen LogP contribution in [0.5, 0.6) is 0 Å². The Balaban J connectivity index is 1.59. The molecule has 2 saturated heterocycles. The van der Waals surface area contributed by atoms with Crippen LogP contribution in [0.15, 0.2) is 18.2 Å². The van der Waals surface area contributed by atoms with Gasteiger partial charge in [-0.1, -0.05) is 29.3 Å². The molecule has 126 valence electrons. The van der Waals surface area contributed by atoms with Crippen LogP contribution in [0.4, 0.5) is 0 Å². The fraction of sp³-hybridized carbons (Fsp3) is 0.611. The molecule has 23 heavy (non-hydrogen) atoms. The first-order valence-electron chi connectivity index (χ1n) is 8.58. The Morgan fingerprint density at radius 2 is 1.83 bits per heavy atom. The molecule has 0 spiro atoms. The van der Waals surface area contributed by atoms with Crippen LogP contribution in [0, 0.1) is 5.92 Å². The average Bonchev–Trinajstić information content (AvgIpc) is 2.58. The summed E-state index contributed by atoms with van der Waals surface area (Å²) in [5.74, 6) is 0.521. The fourth-order valence-corrected chi connectivity index (χ4v) is 3.99. The van der Waals surface area contributed by atoms with Gasteiger partial charge in [0.25, 0.3) is 0 Å². The molecule has 3 rings (SSSR count). The van der Waals surface area contributed by atoms with E-state index in [2.05, 4.69) is 9.80 Å². The van der Waals surface area contributed by atoms with Gasteiger partial charge in [-0.05, 0) is 56.3 Å². The molecule has 0 N–H and O–H groups in total. The molecule has 5 heteroatoms. The van der Waals surface area contributed by atoms with Crippen molar-refractivity contribution in [3.63, 3.8) is 0 Å². The molecule has 0 aromatic heterocycles. The van der Waals surface area contributed by atoms with Crippen LogP contribution >= 0.6 is 23.2 Å². The Morgan fingerprint density at radius 3 is 2.57 bits per heavy atom. The molecular weight excluding hydrogens is 331 g/mol. The minimum absolute atomic E-state index is 0.157. The van der Waals surface area contributed by atoms with E-state index in [1.165, 1.54) is 6.42 Å². The molecule has 0 radical (unpaired) electrons. The minimum Gasteiger partial charge on any atom is -0.342 e. The topological polar surface area (TPSA) is 23.6 Å². The van der Waals surface area contributed by atoms with E-state index in [-0.39, 0.29) is 5.92 Å². The quantitative estimate of drug-likeness (QED) is 0.811. The Hall–Kier alpha value is -0.770. The summed E-state index contributed by atoms with van der Waals surface area (Å²) in [4.78, 5) is 17.2. The third kappa shape index (κ3) is 4.40. The zero-order valence-corrected chi connectivity index (χ0v) is 15.0. The maximum absolute atomic E-state index is 12.7. The molecule has 2 heterocycles. The van der Waals surface area contributed by atoms with Crippen molar-refractivity contribution in [2.75, 3.05) is 26.2 Å². The molecule has 2 fully saturated rings. The van der Waals surface area contributed by atoms with E-state index in [1.54, 1.807) is 0 Å². The molecule has 0 bridgehead atoms. The second kappa shape index (κ2) is 7.87. The van der Waals surface area contributed by atoms with E-state index in [4.69, 9.17) is 23.2 Å². The van der Waals surface area contributed by atoms with Crippen molar-refractivity contribution in [2.45, 2.75) is 38.6 Å². The largest absolute Gasteiger partial charge is 0.342 e. The number of likely N-dealkylation sites (tertiary alicyclic amines) is 2. The first-order chi connectivity index (χ1) is 11.1. The monoisotopic (exact) mass is 354 g/mol. The van der Waals surface area contributed by atoms with Gasteiger partial charge >= 0.3 is 0 Å². The van der Waals surface area contributed by atoms with Crippen LogP contribution in [0.3, 0.4) is 0 Å². The predicted molar refractivity (Wildman–Crippen MR) is 94.9 cm³/mol. The van der Waals surface area contributed by atoms with Gasteiger partial charge in [0.15, 0.2) is 0 Å². The lowest BCUT2D eigenvalue weighted by Crippen LogP contribution is -2.46. The molecule has 1 aromatic carbocycles. The minimum atomic E-state index is 0.157. The second-order valence-electron chi connectivity index (χ2n) is 6.71. The first kappa shape index (κ1) is 17.1. The van der Waals surface area contributed by atoms with E-state index >= 15 is 0 Å². The van der Waals surface area contributed by atoms with Crippen molar-refractivity contribution < 1.29 is 4.79 Å². The molecule has 1 unspecified atom stereocenters. The number of hydrogen-bond acceptors (Lipinski definition) is 2. The molecule has 1 atom stereocenters. The summed E-state index contributed by atoms with van der Waals surface area (Å²) < 4.78 is 0. The number of rotatable bonds is 3. The van der Waals surface area contributed by atoms with Crippen molar-refractivity contribution in [3.05, 3.63) is 33.8 Å². The normalized spacial score (nSPS) is 23.0. The van der Waals surface area contributed by atoms with Crippen molar-refractivity contribution in [1.29, 1.82) is 0 Å². The summed E-state index contributed by atoms with van der Waals surface area (Å²) in [6.07, 6.45) is 5.69. The number of carbonyl (C=O) groups excluding carboxylic acids is 1. The lowest BCUT2D eigenvalue weighted by atomic mass is 9.95. The number of nitrogens with zero attached hydrogens (tertiary/aromatic N) is 2. The van der Waals surface area contributed by atoms with Gasteiger partial charge in [-0.2, -0.15) is 0 Å². The Labute approximate surface area is 148 Å².